The second kappa shape index (κ2) is 6.57. The summed E-state index contributed by atoms with van der Waals surface area (Å²) in [4.78, 5) is 1.41. The minimum atomic E-state index is -0.661. The molecule has 0 amide bonds. The maximum atomic E-state index is 11.0. The highest BCUT2D eigenvalue weighted by atomic mass is 32.2. The molecule has 1 aromatic carbocycles. The van der Waals surface area contributed by atoms with Gasteiger partial charge in [0.05, 0.1) is 0 Å². The molecule has 1 aromatic rings. The Bertz CT molecular complexity index is 395. The van der Waals surface area contributed by atoms with Gasteiger partial charge in [-0.25, -0.2) is 0 Å². The molecular weight excluding hydrogens is 250 g/mol. The predicted molar refractivity (Wildman–Crippen MR) is 76.1 cm³/mol. The van der Waals surface area contributed by atoms with Crippen molar-refractivity contribution in [3.8, 4) is 0 Å². The predicted octanol–water partition coefficient (Wildman–Crippen LogP) is 2.58. The van der Waals surface area contributed by atoms with E-state index in [4.69, 9.17) is 0 Å². The van der Waals surface area contributed by atoms with Gasteiger partial charge in [-0.05, 0) is 36.8 Å². The molecule has 1 N–H and O–H groups in total. The zero-order valence-corrected chi connectivity index (χ0v) is 11.8. The Kier molecular flexibility index (Phi) is 5.07. The second-order valence-electron chi connectivity index (χ2n) is 4.31. The van der Waals surface area contributed by atoms with Gasteiger partial charge in [-0.3, -0.25) is 4.21 Å². The largest absolute Gasteiger partial charge is 0.310 e. The lowest BCUT2D eigenvalue weighted by molar-refractivity contribution is 0.510. The number of nitrogens with one attached hydrogen (secondary N) is 1. The molecule has 2 rings (SSSR count). The summed E-state index contributed by atoms with van der Waals surface area (Å²) in [5.41, 5.74) is 1.43. The summed E-state index contributed by atoms with van der Waals surface area (Å²) < 4.78 is 11.0. The van der Waals surface area contributed by atoms with Crippen molar-refractivity contribution in [1.82, 2.24) is 5.32 Å². The number of benzene rings is 1. The number of hydrogen-bond acceptors (Lipinski definition) is 3. The first-order chi connectivity index (χ1) is 8.27. The van der Waals surface area contributed by atoms with Gasteiger partial charge in [0.1, 0.15) is 0 Å². The normalized spacial score (nSPS) is 20.9. The molecule has 0 bridgehead atoms. The van der Waals surface area contributed by atoms with Crippen LogP contribution in [0.3, 0.4) is 0 Å². The first-order valence-electron chi connectivity index (χ1n) is 6.02. The van der Waals surface area contributed by atoms with E-state index in [0.29, 0.717) is 6.04 Å². The van der Waals surface area contributed by atoms with E-state index in [-0.39, 0.29) is 0 Å². The summed E-state index contributed by atoms with van der Waals surface area (Å²) in [6, 6.07) is 9.12. The van der Waals surface area contributed by atoms with E-state index in [1.54, 1.807) is 6.26 Å². The van der Waals surface area contributed by atoms with Crippen molar-refractivity contribution in [1.29, 1.82) is 0 Å². The molecular formula is C13H19NOS2. The average molecular weight is 269 g/mol. The third-order valence-corrected chi connectivity index (χ3v) is 4.94. The van der Waals surface area contributed by atoms with Crippen molar-refractivity contribution >= 4 is 22.6 Å². The van der Waals surface area contributed by atoms with Gasteiger partial charge in [-0.2, -0.15) is 0 Å². The van der Waals surface area contributed by atoms with E-state index in [0.717, 1.165) is 18.7 Å². The van der Waals surface area contributed by atoms with Crippen LogP contribution in [-0.4, -0.2) is 28.5 Å². The van der Waals surface area contributed by atoms with Gasteiger partial charge in [-0.15, -0.1) is 11.8 Å². The van der Waals surface area contributed by atoms with Crippen LogP contribution in [0, 0.1) is 0 Å². The van der Waals surface area contributed by atoms with Crippen LogP contribution in [0.1, 0.15) is 24.4 Å². The molecule has 17 heavy (non-hydrogen) atoms. The summed E-state index contributed by atoms with van der Waals surface area (Å²) in [5.74, 6) is 1.99. The molecule has 0 saturated heterocycles. The molecule has 1 aliphatic rings. The lowest BCUT2D eigenvalue weighted by Gasteiger charge is -2.25. The molecule has 0 fully saturated rings. The van der Waals surface area contributed by atoms with Crippen LogP contribution in [0.2, 0.25) is 0 Å². The number of thioether (sulfide) groups is 1. The van der Waals surface area contributed by atoms with Crippen molar-refractivity contribution in [3.63, 3.8) is 0 Å². The first kappa shape index (κ1) is 13.1. The molecule has 1 aliphatic heterocycles. The fourth-order valence-corrected chi connectivity index (χ4v) is 3.78. The summed E-state index contributed by atoms with van der Waals surface area (Å²) in [5, 5.41) is 3.59. The molecule has 0 spiro atoms. The highest BCUT2D eigenvalue weighted by Gasteiger charge is 2.19. The molecule has 0 radical (unpaired) electrons. The van der Waals surface area contributed by atoms with Crippen molar-refractivity contribution in [2.75, 3.05) is 24.3 Å². The van der Waals surface area contributed by atoms with E-state index < -0.39 is 10.8 Å². The summed E-state index contributed by atoms with van der Waals surface area (Å²) in [7, 11) is -0.661. The topological polar surface area (TPSA) is 29.1 Å². The van der Waals surface area contributed by atoms with Gasteiger partial charge in [0, 0.05) is 33.7 Å². The molecule has 0 saturated carbocycles. The van der Waals surface area contributed by atoms with Crippen LogP contribution in [0.15, 0.2) is 29.2 Å². The molecule has 4 heteroatoms. The number of fused-ring (bicyclic) bond motifs is 1. The number of hydrogen-bond donors (Lipinski definition) is 1. The molecule has 0 aromatic heterocycles. The third-order valence-electron chi connectivity index (χ3n) is 2.96. The summed E-state index contributed by atoms with van der Waals surface area (Å²) in [6.45, 7) is 0.962. The Hall–Kier alpha value is -0.320. The fourth-order valence-electron chi connectivity index (χ4n) is 2.11. The Balaban J connectivity index is 1.88. The quantitative estimate of drug-likeness (QED) is 0.833. The van der Waals surface area contributed by atoms with Gasteiger partial charge in [-0.1, -0.05) is 18.2 Å². The summed E-state index contributed by atoms with van der Waals surface area (Å²) >= 11 is 1.95. The van der Waals surface area contributed by atoms with Crippen LogP contribution in [0.4, 0.5) is 0 Å². The average Bonchev–Trinajstić information content (AvgIpc) is 2.34. The monoisotopic (exact) mass is 269 g/mol. The molecule has 2 nitrogen and oxygen atoms in total. The SMILES string of the molecule is CS(=O)CCCNC1CCSc2ccccc21. The molecule has 2 atom stereocenters. The van der Waals surface area contributed by atoms with E-state index in [9.17, 15) is 4.21 Å². The third kappa shape index (κ3) is 3.83. The number of rotatable bonds is 5. The maximum absolute atomic E-state index is 11.0. The van der Waals surface area contributed by atoms with Crippen LogP contribution in [-0.2, 0) is 10.8 Å². The van der Waals surface area contributed by atoms with Gasteiger partial charge < -0.3 is 5.32 Å². The maximum Gasteiger partial charge on any atom is 0.0339 e. The van der Waals surface area contributed by atoms with E-state index in [1.807, 2.05) is 11.8 Å². The fraction of sp³-hybridized carbons (Fsp3) is 0.538. The van der Waals surface area contributed by atoms with Crippen LogP contribution >= 0.6 is 11.8 Å². The molecule has 94 valence electrons. The molecule has 2 unspecified atom stereocenters. The smallest absolute Gasteiger partial charge is 0.0339 e. The Morgan fingerprint density at radius 3 is 3.12 bits per heavy atom. The second-order valence-corrected chi connectivity index (χ2v) is 7.00. The standard InChI is InChI=1S/C13H19NOS2/c1-17(15)10-4-8-14-12-7-9-16-13-6-3-2-5-11(12)13/h2-3,5-6,12,14H,4,7-10H2,1H3. The van der Waals surface area contributed by atoms with Crippen molar-refractivity contribution in [2.45, 2.75) is 23.8 Å². The zero-order valence-electron chi connectivity index (χ0n) is 10.1. The van der Waals surface area contributed by atoms with Gasteiger partial charge in [0.2, 0.25) is 0 Å². The lowest BCUT2D eigenvalue weighted by atomic mass is 10.0. The van der Waals surface area contributed by atoms with E-state index in [2.05, 4.69) is 29.6 Å². The van der Waals surface area contributed by atoms with Gasteiger partial charge >= 0.3 is 0 Å². The van der Waals surface area contributed by atoms with Crippen LogP contribution in [0.5, 0.6) is 0 Å². The molecule has 1 heterocycles. The van der Waals surface area contributed by atoms with Crippen molar-refractivity contribution < 1.29 is 4.21 Å². The Morgan fingerprint density at radius 2 is 2.29 bits per heavy atom. The van der Waals surface area contributed by atoms with E-state index in [1.165, 1.54) is 22.6 Å². The lowest BCUT2D eigenvalue weighted by Crippen LogP contribution is -2.26. The Morgan fingerprint density at radius 1 is 1.47 bits per heavy atom. The zero-order chi connectivity index (χ0) is 12.1. The Labute approximate surface area is 110 Å². The first-order valence-corrected chi connectivity index (χ1v) is 8.74. The van der Waals surface area contributed by atoms with Crippen molar-refractivity contribution in [2.24, 2.45) is 0 Å². The van der Waals surface area contributed by atoms with E-state index >= 15 is 0 Å². The van der Waals surface area contributed by atoms with Gasteiger partial charge in [0.25, 0.3) is 0 Å². The highest BCUT2D eigenvalue weighted by Crippen LogP contribution is 2.35. The highest BCUT2D eigenvalue weighted by molar-refractivity contribution is 7.99. The van der Waals surface area contributed by atoms with Crippen molar-refractivity contribution in [3.05, 3.63) is 29.8 Å². The van der Waals surface area contributed by atoms with Crippen LogP contribution < -0.4 is 5.32 Å². The molecule has 0 aliphatic carbocycles. The minimum Gasteiger partial charge on any atom is -0.310 e. The minimum absolute atomic E-state index is 0.484. The summed E-state index contributed by atoms with van der Waals surface area (Å²) in [6.07, 6.45) is 3.96. The van der Waals surface area contributed by atoms with Gasteiger partial charge in [0.15, 0.2) is 0 Å². The van der Waals surface area contributed by atoms with Crippen LogP contribution in [0.25, 0.3) is 0 Å².